The van der Waals surface area contributed by atoms with Crippen LogP contribution in [0.1, 0.15) is 16.7 Å². The maximum Gasteiger partial charge on any atom is 0.250 e. The van der Waals surface area contributed by atoms with Gasteiger partial charge in [0.25, 0.3) is 0 Å². The van der Waals surface area contributed by atoms with E-state index in [1.54, 1.807) is 13.3 Å². The Bertz CT molecular complexity index is 960. The number of benzene rings is 3. The lowest BCUT2D eigenvalue weighted by Gasteiger charge is -2.09. The number of nitrogens with zero attached hydrogens (tertiary/aromatic N) is 1. The predicted octanol–water partition coefficient (Wildman–Crippen LogP) is 4.66. The zero-order valence-corrected chi connectivity index (χ0v) is 17.6. The Hall–Kier alpha value is -3.25. The second kappa shape index (κ2) is 11.7. The number of hydrogen-bond acceptors (Lipinski definition) is 5. The van der Waals surface area contributed by atoms with Crippen LogP contribution in [0.5, 0.6) is 11.5 Å². The summed E-state index contributed by atoms with van der Waals surface area (Å²) in [6.07, 6.45) is 1.60. The first-order valence-electron chi connectivity index (χ1n) is 9.53. The van der Waals surface area contributed by atoms with E-state index in [1.165, 1.54) is 11.8 Å². The molecule has 154 valence electrons. The van der Waals surface area contributed by atoms with Gasteiger partial charge in [0.05, 0.1) is 19.1 Å². The van der Waals surface area contributed by atoms with Crippen molar-refractivity contribution in [2.24, 2.45) is 5.10 Å². The topological polar surface area (TPSA) is 59.9 Å². The van der Waals surface area contributed by atoms with Crippen LogP contribution in [-0.2, 0) is 17.2 Å². The van der Waals surface area contributed by atoms with Gasteiger partial charge in [-0.1, -0.05) is 54.6 Å². The van der Waals surface area contributed by atoms with Gasteiger partial charge in [0.15, 0.2) is 0 Å². The van der Waals surface area contributed by atoms with E-state index in [9.17, 15) is 4.79 Å². The SMILES string of the molecule is COc1ccc(CSCC(=O)N/N=C\c2ccccc2OCc2ccccc2)cc1. The van der Waals surface area contributed by atoms with Gasteiger partial charge < -0.3 is 9.47 Å². The molecule has 0 fully saturated rings. The highest BCUT2D eigenvalue weighted by Gasteiger charge is 2.03. The quantitative estimate of drug-likeness (QED) is 0.383. The Morgan fingerprint density at radius 3 is 2.47 bits per heavy atom. The van der Waals surface area contributed by atoms with Crippen LogP contribution in [0.4, 0.5) is 0 Å². The summed E-state index contributed by atoms with van der Waals surface area (Å²) in [6, 6.07) is 25.4. The molecule has 30 heavy (non-hydrogen) atoms. The average Bonchev–Trinajstić information content (AvgIpc) is 2.79. The van der Waals surface area contributed by atoms with Crippen molar-refractivity contribution in [3.05, 3.63) is 95.6 Å². The monoisotopic (exact) mass is 420 g/mol. The molecular weight excluding hydrogens is 396 g/mol. The van der Waals surface area contributed by atoms with Gasteiger partial charge in [0.1, 0.15) is 18.1 Å². The molecule has 0 heterocycles. The fourth-order valence-electron chi connectivity index (χ4n) is 2.64. The first kappa shape index (κ1) is 21.5. The Kier molecular flexibility index (Phi) is 8.35. The minimum absolute atomic E-state index is 0.146. The third-order valence-corrected chi connectivity index (χ3v) is 5.21. The molecular formula is C24H24N2O3S. The van der Waals surface area contributed by atoms with Gasteiger partial charge in [-0.3, -0.25) is 4.79 Å². The number of nitrogens with one attached hydrogen (secondary N) is 1. The molecule has 0 aromatic heterocycles. The van der Waals surface area contributed by atoms with Crippen molar-refractivity contribution in [2.75, 3.05) is 12.9 Å². The van der Waals surface area contributed by atoms with Gasteiger partial charge in [-0.15, -0.1) is 11.8 Å². The first-order chi connectivity index (χ1) is 14.7. The normalized spacial score (nSPS) is 10.7. The van der Waals surface area contributed by atoms with Crippen molar-refractivity contribution in [1.82, 2.24) is 5.43 Å². The van der Waals surface area contributed by atoms with Crippen molar-refractivity contribution >= 4 is 23.9 Å². The number of hydrazone groups is 1. The zero-order valence-electron chi connectivity index (χ0n) is 16.8. The summed E-state index contributed by atoms with van der Waals surface area (Å²) in [7, 11) is 1.64. The standard InChI is InChI=1S/C24H24N2O3S/c1-28-22-13-11-20(12-14-22)17-30-18-24(27)26-25-15-21-9-5-6-10-23(21)29-16-19-7-3-2-4-8-19/h2-15H,16-18H2,1H3,(H,26,27)/b25-15-. The summed E-state index contributed by atoms with van der Waals surface area (Å²) in [5.74, 6) is 2.47. The fraction of sp³-hybridized carbons (Fsp3) is 0.167. The highest BCUT2D eigenvalue weighted by Crippen LogP contribution is 2.18. The molecule has 0 atom stereocenters. The lowest BCUT2D eigenvalue weighted by Crippen LogP contribution is -2.19. The Balaban J connectivity index is 1.44. The molecule has 1 amide bonds. The van der Waals surface area contributed by atoms with Crippen LogP contribution in [0.15, 0.2) is 84.0 Å². The molecule has 0 spiro atoms. The number of ether oxygens (including phenoxy) is 2. The highest BCUT2D eigenvalue weighted by atomic mass is 32.2. The molecule has 0 aliphatic carbocycles. The zero-order chi connectivity index (χ0) is 21.0. The second-order valence-electron chi connectivity index (χ2n) is 6.45. The molecule has 0 unspecified atom stereocenters. The van der Waals surface area contributed by atoms with Gasteiger partial charge >= 0.3 is 0 Å². The molecule has 0 aliphatic rings. The van der Waals surface area contributed by atoms with Gasteiger partial charge in [0, 0.05) is 11.3 Å². The molecule has 0 aliphatic heterocycles. The molecule has 6 heteroatoms. The number of carbonyl (C=O) groups is 1. The van der Waals surface area contributed by atoms with E-state index in [0.29, 0.717) is 18.1 Å². The van der Waals surface area contributed by atoms with E-state index in [2.05, 4.69) is 10.5 Å². The van der Waals surface area contributed by atoms with Gasteiger partial charge in [0.2, 0.25) is 5.91 Å². The summed E-state index contributed by atoms with van der Waals surface area (Å²) in [5.41, 5.74) is 5.61. The number of thioether (sulfide) groups is 1. The molecule has 1 N–H and O–H groups in total. The van der Waals surface area contributed by atoms with Crippen LogP contribution >= 0.6 is 11.8 Å². The third-order valence-electron chi connectivity index (χ3n) is 4.21. The second-order valence-corrected chi connectivity index (χ2v) is 7.43. The number of carbonyl (C=O) groups excluding carboxylic acids is 1. The van der Waals surface area contributed by atoms with Crippen molar-refractivity contribution in [1.29, 1.82) is 0 Å². The molecule has 0 radical (unpaired) electrons. The molecule has 3 aromatic rings. The average molecular weight is 421 g/mol. The van der Waals surface area contributed by atoms with Gasteiger partial charge in [-0.2, -0.15) is 5.10 Å². The maximum atomic E-state index is 12.0. The van der Waals surface area contributed by atoms with E-state index in [4.69, 9.17) is 9.47 Å². The molecule has 5 nitrogen and oxygen atoms in total. The lowest BCUT2D eigenvalue weighted by molar-refractivity contribution is -0.118. The van der Waals surface area contributed by atoms with Crippen molar-refractivity contribution in [3.63, 3.8) is 0 Å². The summed E-state index contributed by atoms with van der Waals surface area (Å²) in [4.78, 5) is 12.0. The number of rotatable bonds is 10. The molecule has 3 rings (SSSR count). The van der Waals surface area contributed by atoms with Crippen LogP contribution in [-0.4, -0.2) is 25.0 Å². The smallest absolute Gasteiger partial charge is 0.250 e. The number of amides is 1. The predicted molar refractivity (Wildman–Crippen MR) is 122 cm³/mol. The van der Waals surface area contributed by atoms with Crippen LogP contribution in [0.2, 0.25) is 0 Å². The van der Waals surface area contributed by atoms with E-state index in [-0.39, 0.29) is 5.91 Å². The van der Waals surface area contributed by atoms with Crippen LogP contribution in [0.3, 0.4) is 0 Å². The fourth-order valence-corrected chi connectivity index (χ4v) is 3.42. The van der Waals surface area contributed by atoms with E-state index < -0.39 is 0 Å². The summed E-state index contributed by atoms with van der Waals surface area (Å²) in [5, 5.41) is 4.07. The van der Waals surface area contributed by atoms with Crippen LogP contribution in [0, 0.1) is 0 Å². The minimum atomic E-state index is -0.146. The molecule has 3 aromatic carbocycles. The van der Waals surface area contributed by atoms with E-state index in [0.717, 1.165) is 28.2 Å². The Labute approximate surface area is 181 Å². The summed E-state index contributed by atoms with van der Waals surface area (Å²) >= 11 is 1.53. The van der Waals surface area contributed by atoms with E-state index >= 15 is 0 Å². The maximum absolute atomic E-state index is 12.0. The van der Waals surface area contributed by atoms with Crippen molar-refractivity contribution in [2.45, 2.75) is 12.4 Å². The van der Waals surface area contributed by atoms with Crippen LogP contribution < -0.4 is 14.9 Å². The molecule has 0 saturated heterocycles. The van der Waals surface area contributed by atoms with Crippen molar-refractivity contribution < 1.29 is 14.3 Å². The molecule has 0 bridgehead atoms. The third kappa shape index (κ3) is 6.97. The summed E-state index contributed by atoms with van der Waals surface area (Å²) < 4.78 is 11.0. The Morgan fingerprint density at radius 2 is 1.70 bits per heavy atom. The first-order valence-corrected chi connectivity index (χ1v) is 10.7. The van der Waals surface area contributed by atoms with Gasteiger partial charge in [-0.05, 0) is 35.4 Å². The van der Waals surface area contributed by atoms with E-state index in [1.807, 2.05) is 78.9 Å². The van der Waals surface area contributed by atoms with Gasteiger partial charge in [-0.25, -0.2) is 5.43 Å². The molecule has 0 saturated carbocycles. The number of para-hydroxylation sites is 1. The number of methoxy groups -OCH3 is 1. The minimum Gasteiger partial charge on any atom is -0.497 e. The van der Waals surface area contributed by atoms with Crippen LogP contribution in [0.25, 0.3) is 0 Å². The Morgan fingerprint density at radius 1 is 0.967 bits per heavy atom. The lowest BCUT2D eigenvalue weighted by atomic mass is 10.2. The highest BCUT2D eigenvalue weighted by molar-refractivity contribution is 7.99. The largest absolute Gasteiger partial charge is 0.497 e. The summed E-state index contributed by atoms with van der Waals surface area (Å²) in [6.45, 7) is 0.472. The van der Waals surface area contributed by atoms with Crippen molar-refractivity contribution in [3.8, 4) is 11.5 Å². The number of hydrogen-bond donors (Lipinski definition) is 1.